The van der Waals surface area contributed by atoms with Gasteiger partial charge >= 0.3 is 0 Å². The molecule has 0 fully saturated rings. The first-order valence-corrected chi connectivity index (χ1v) is 9.50. The maximum atomic E-state index is 5.83. The largest absolute Gasteiger partial charge is 0.384 e. The lowest BCUT2D eigenvalue weighted by Gasteiger charge is -2.00. The molecule has 0 saturated heterocycles. The molecule has 0 saturated carbocycles. The number of anilines is 2. The van der Waals surface area contributed by atoms with Crippen LogP contribution in [0.25, 0.3) is 5.69 Å². The first-order valence-electron chi connectivity index (χ1n) is 7.67. The number of aromatic amines is 1. The van der Waals surface area contributed by atoms with E-state index < -0.39 is 0 Å². The number of nitrogens with two attached hydrogens (primary N) is 2. The monoisotopic (exact) mass is 514 g/mol. The Labute approximate surface area is 180 Å². The SMILES string of the molecule is Clc1cccc(I)c1.Nc1ccn(-c2cccc(Cl)c2)n1.Nc1ccn[nH]1. The first kappa shape index (κ1) is 21.1. The van der Waals surface area contributed by atoms with Crippen LogP contribution in [-0.4, -0.2) is 20.0 Å². The minimum absolute atomic E-state index is 0.500. The van der Waals surface area contributed by atoms with Crippen molar-refractivity contribution < 1.29 is 0 Å². The lowest BCUT2D eigenvalue weighted by Crippen LogP contribution is -1.95. The summed E-state index contributed by atoms with van der Waals surface area (Å²) in [7, 11) is 0. The third-order valence-electron chi connectivity index (χ3n) is 2.99. The van der Waals surface area contributed by atoms with Gasteiger partial charge in [0.05, 0.1) is 11.9 Å². The zero-order valence-corrected chi connectivity index (χ0v) is 17.7. The van der Waals surface area contributed by atoms with Gasteiger partial charge in [-0.15, -0.1) is 0 Å². The number of rotatable bonds is 1. The van der Waals surface area contributed by atoms with Crippen molar-refractivity contribution in [1.82, 2.24) is 20.0 Å². The predicted octanol–water partition coefficient (Wildman–Crippen LogP) is 5.04. The van der Waals surface area contributed by atoms with Crippen LogP contribution in [0, 0.1) is 3.57 Å². The molecule has 0 aliphatic rings. The Bertz CT molecular complexity index is 939. The molecule has 27 heavy (non-hydrogen) atoms. The smallest absolute Gasteiger partial charge is 0.145 e. The van der Waals surface area contributed by atoms with E-state index in [1.54, 1.807) is 29.2 Å². The van der Waals surface area contributed by atoms with E-state index >= 15 is 0 Å². The van der Waals surface area contributed by atoms with Crippen LogP contribution in [0.5, 0.6) is 0 Å². The second-order valence-corrected chi connectivity index (χ2v) is 7.24. The van der Waals surface area contributed by atoms with Crippen molar-refractivity contribution in [2.24, 2.45) is 0 Å². The third-order valence-corrected chi connectivity index (χ3v) is 4.13. The standard InChI is InChI=1S/C9H8ClN3.C6H4ClI.C3H5N3/c10-7-2-1-3-8(6-7)13-5-4-9(11)12-13;7-5-2-1-3-6(8)4-5;4-3-1-2-5-6-3/h1-6H,(H2,11,12);1-4H;1-2H,(H3,4,5,6). The number of benzene rings is 2. The topological polar surface area (TPSA) is 98.5 Å². The summed E-state index contributed by atoms with van der Waals surface area (Å²) >= 11 is 13.7. The average Bonchev–Trinajstić information content (AvgIpc) is 3.27. The molecule has 0 atom stereocenters. The van der Waals surface area contributed by atoms with Gasteiger partial charge in [-0.05, 0) is 65.1 Å². The quantitative estimate of drug-likeness (QED) is 0.310. The van der Waals surface area contributed by atoms with E-state index in [0.717, 1.165) is 10.7 Å². The third kappa shape index (κ3) is 7.90. The van der Waals surface area contributed by atoms with Crippen LogP contribution in [0.3, 0.4) is 0 Å². The zero-order chi connectivity index (χ0) is 19.6. The molecule has 5 N–H and O–H groups in total. The van der Waals surface area contributed by atoms with E-state index in [1.807, 2.05) is 48.5 Å². The highest BCUT2D eigenvalue weighted by molar-refractivity contribution is 14.1. The van der Waals surface area contributed by atoms with E-state index in [2.05, 4.69) is 37.9 Å². The van der Waals surface area contributed by atoms with E-state index in [9.17, 15) is 0 Å². The minimum atomic E-state index is 0.500. The van der Waals surface area contributed by atoms with Gasteiger partial charge in [0.1, 0.15) is 11.6 Å². The van der Waals surface area contributed by atoms with Gasteiger partial charge in [-0.3, -0.25) is 5.10 Å². The van der Waals surface area contributed by atoms with Crippen LogP contribution in [0.1, 0.15) is 0 Å². The number of aromatic nitrogens is 4. The number of nitrogen functional groups attached to an aromatic ring is 2. The van der Waals surface area contributed by atoms with E-state index in [4.69, 9.17) is 34.7 Å². The first-order chi connectivity index (χ1) is 12.9. The van der Waals surface area contributed by atoms with Gasteiger partial charge in [-0.1, -0.05) is 35.3 Å². The van der Waals surface area contributed by atoms with Gasteiger partial charge in [0.15, 0.2) is 0 Å². The lowest BCUT2D eigenvalue weighted by atomic mass is 10.3. The molecule has 0 aliphatic carbocycles. The Balaban J connectivity index is 0.000000159. The van der Waals surface area contributed by atoms with E-state index in [-0.39, 0.29) is 0 Å². The van der Waals surface area contributed by atoms with Crippen molar-refractivity contribution in [3.63, 3.8) is 0 Å². The number of nitrogens with zero attached hydrogens (tertiary/aromatic N) is 3. The molecule has 9 heteroatoms. The van der Waals surface area contributed by atoms with Crippen molar-refractivity contribution in [3.05, 3.63) is 86.7 Å². The molecule has 0 spiro atoms. The molecule has 0 unspecified atom stereocenters. The summed E-state index contributed by atoms with van der Waals surface area (Å²) in [5.41, 5.74) is 11.6. The van der Waals surface area contributed by atoms with Crippen molar-refractivity contribution in [2.75, 3.05) is 11.5 Å². The van der Waals surface area contributed by atoms with Crippen LogP contribution in [0.2, 0.25) is 10.0 Å². The normalized spacial score (nSPS) is 9.59. The number of H-pyrrole nitrogens is 1. The molecule has 4 rings (SSSR count). The second-order valence-electron chi connectivity index (χ2n) is 5.12. The maximum absolute atomic E-state index is 5.83. The Morgan fingerprint density at radius 1 is 0.926 bits per heavy atom. The lowest BCUT2D eigenvalue weighted by molar-refractivity contribution is 0.886. The van der Waals surface area contributed by atoms with E-state index in [1.165, 1.54) is 3.57 Å². The van der Waals surface area contributed by atoms with Gasteiger partial charge in [0.2, 0.25) is 0 Å². The highest BCUT2D eigenvalue weighted by Gasteiger charge is 1.98. The maximum Gasteiger partial charge on any atom is 0.145 e. The summed E-state index contributed by atoms with van der Waals surface area (Å²) in [6, 6.07) is 18.6. The van der Waals surface area contributed by atoms with Crippen LogP contribution in [0.4, 0.5) is 11.6 Å². The van der Waals surface area contributed by atoms with Crippen LogP contribution < -0.4 is 11.5 Å². The van der Waals surface area contributed by atoms with Crippen LogP contribution in [0.15, 0.2) is 73.1 Å². The molecule has 0 radical (unpaired) electrons. The number of hydrogen-bond acceptors (Lipinski definition) is 4. The molecular weight excluding hydrogens is 498 g/mol. The number of nitrogens with one attached hydrogen (secondary N) is 1. The van der Waals surface area contributed by atoms with Crippen molar-refractivity contribution in [1.29, 1.82) is 0 Å². The molecule has 2 aromatic carbocycles. The van der Waals surface area contributed by atoms with Gasteiger partial charge in [0.25, 0.3) is 0 Å². The Morgan fingerprint density at radius 3 is 2.04 bits per heavy atom. The summed E-state index contributed by atoms with van der Waals surface area (Å²) < 4.78 is 2.86. The van der Waals surface area contributed by atoms with E-state index in [0.29, 0.717) is 16.7 Å². The highest BCUT2D eigenvalue weighted by atomic mass is 127. The summed E-state index contributed by atoms with van der Waals surface area (Å²) in [6.45, 7) is 0. The predicted molar refractivity (Wildman–Crippen MR) is 120 cm³/mol. The molecular formula is C18H17Cl2IN6. The highest BCUT2D eigenvalue weighted by Crippen LogP contribution is 2.14. The van der Waals surface area contributed by atoms with Crippen molar-refractivity contribution in [3.8, 4) is 5.69 Å². The fourth-order valence-electron chi connectivity index (χ4n) is 1.83. The van der Waals surface area contributed by atoms with Gasteiger partial charge in [-0.25, -0.2) is 4.68 Å². The van der Waals surface area contributed by atoms with Crippen LogP contribution in [-0.2, 0) is 0 Å². The number of halogens is 3. The number of hydrogen-bond donors (Lipinski definition) is 3. The van der Waals surface area contributed by atoms with Gasteiger partial charge in [0, 0.05) is 25.9 Å². The Kier molecular flexibility index (Phi) is 8.43. The summed E-state index contributed by atoms with van der Waals surface area (Å²) in [4.78, 5) is 0. The Hall–Kier alpha value is -2.23. The molecule has 4 aromatic rings. The zero-order valence-electron chi connectivity index (χ0n) is 14.1. The summed E-state index contributed by atoms with van der Waals surface area (Å²) in [5, 5.41) is 11.6. The second kappa shape index (κ2) is 10.8. The summed E-state index contributed by atoms with van der Waals surface area (Å²) in [5.74, 6) is 1.11. The molecule has 140 valence electrons. The molecule has 0 amide bonds. The Morgan fingerprint density at radius 2 is 1.63 bits per heavy atom. The van der Waals surface area contributed by atoms with Crippen LogP contribution >= 0.6 is 45.8 Å². The fraction of sp³-hybridized carbons (Fsp3) is 0. The van der Waals surface area contributed by atoms with Gasteiger partial charge < -0.3 is 11.5 Å². The summed E-state index contributed by atoms with van der Waals surface area (Å²) in [6.07, 6.45) is 3.40. The molecule has 2 aromatic heterocycles. The van der Waals surface area contributed by atoms with Crippen molar-refractivity contribution >= 4 is 57.4 Å². The molecule has 2 heterocycles. The van der Waals surface area contributed by atoms with Crippen molar-refractivity contribution in [2.45, 2.75) is 0 Å². The van der Waals surface area contributed by atoms with Gasteiger partial charge in [-0.2, -0.15) is 10.2 Å². The fourth-order valence-corrected chi connectivity index (χ4v) is 2.93. The average molecular weight is 515 g/mol. The minimum Gasteiger partial charge on any atom is -0.384 e. The molecule has 6 nitrogen and oxygen atoms in total. The molecule has 0 bridgehead atoms. The molecule has 0 aliphatic heterocycles.